The van der Waals surface area contributed by atoms with E-state index in [4.69, 9.17) is 0 Å². The second-order valence-electron chi connectivity index (χ2n) is 10.8. The van der Waals surface area contributed by atoms with Gasteiger partial charge in [-0.1, -0.05) is 12.1 Å². The smallest absolute Gasteiger partial charge is 0.286 e. The van der Waals surface area contributed by atoms with Gasteiger partial charge in [-0.05, 0) is 73.4 Å². The van der Waals surface area contributed by atoms with Gasteiger partial charge in [-0.15, -0.1) is 4.40 Å². The van der Waals surface area contributed by atoms with Crippen molar-refractivity contribution in [2.75, 3.05) is 16.3 Å². The largest absolute Gasteiger partial charge is 0.341 e. The number of anilines is 2. The lowest BCUT2D eigenvalue weighted by Crippen LogP contribution is -2.66. The molecule has 13 heteroatoms. The van der Waals surface area contributed by atoms with E-state index in [1.165, 1.54) is 24.3 Å². The molecule has 1 unspecified atom stereocenters. The number of hydrogen-bond donors (Lipinski definition) is 2. The first kappa shape index (κ1) is 25.9. The van der Waals surface area contributed by atoms with Gasteiger partial charge in [0.05, 0.1) is 11.9 Å². The Labute approximate surface area is 225 Å². The number of nitrogens with one attached hydrogen (secondary N) is 2. The quantitative estimate of drug-likeness (QED) is 0.523. The number of halogens is 1. The molecule has 2 N–H and O–H groups in total. The minimum absolute atomic E-state index is 0.0386. The number of piperidine rings is 1. The summed E-state index contributed by atoms with van der Waals surface area (Å²) >= 11 is 0. The molecule has 39 heavy (non-hydrogen) atoms. The number of benzene rings is 2. The van der Waals surface area contributed by atoms with Crippen LogP contribution in [0.5, 0.6) is 0 Å². The SMILES string of the molecule is CS(=O)(=O)Nc1ccc2c(c1)S(=O)(=O)N=C(C1C(=O)[C@@H]3C4CCC(CC4)[C@@H]3N(Cc3ccc(F)cc3)C1=O)N2. The highest BCUT2D eigenvalue weighted by Gasteiger charge is 2.58. The van der Waals surface area contributed by atoms with Crippen LogP contribution in [0.15, 0.2) is 51.8 Å². The van der Waals surface area contributed by atoms with Crippen LogP contribution in [0.2, 0.25) is 0 Å². The van der Waals surface area contributed by atoms with Gasteiger partial charge in [-0.2, -0.15) is 8.42 Å². The number of amides is 1. The van der Waals surface area contributed by atoms with E-state index in [1.54, 1.807) is 17.0 Å². The number of fused-ring (bicyclic) bond motifs is 3. The summed E-state index contributed by atoms with van der Waals surface area (Å²) in [5.41, 5.74) is 0.842. The van der Waals surface area contributed by atoms with E-state index in [0.717, 1.165) is 38.0 Å². The maximum Gasteiger partial charge on any atom is 0.286 e. The summed E-state index contributed by atoms with van der Waals surface area (Å²) in [6.07, 6.45) is 4.53. The zero-order valence-corrected chi connectivity index (χ0v) is 22.6. The van der Waals surface area contributed by atoms with Crippen LogP contribution in [0.3, 0.4) is 0 Å². The maximum atomic E-state index is 14.0. The molecule has 3 aliphatic carbocycles. The van der Waals surface area contributed by atoms with Gasteiger partial charge in [0.2, 0.25) is 15.9 Å². The first-order valence-corrected chi connectivity index (χ1v) is 16.1. The van der Waals surface area contributed by atoms with E-state index in [1.807, 2.05) is 0 Å². The van der Waals surface area contributed by atoms with Crippen LogP contribution in [0, 0.1) is 29.5 Å². The van der Waals surface area contributed by atoms with E-state index in [-0.39, 0.29) is 52.3 Å². The van der Waals surface area contributed by atoms with Gasteiger partial charge in [0.25, 0.3) is 10.0 Å². The van der Waals surface area contributed by atoms with E-state index in [0.29, 0.717) is 5.56 Å². The van der Waals surface area contributed by atoms with Crippen molar-refractivity contribution in [3.63, 3.8) is 0 Å². The summed E-state index contributed by atoms with van der Waals surface area (Å²) in [4.78, 5) is 29.4. The molecule has 1 saturated heterocycles. The molecule has 2 aromatic rings. The zero-order chi connectivity index (χ0) is 27.7. The molecule has 206 valence electrons. The van der Waals surface area contributed by atoms with Crippen LogP contribution >= 0.6 is 0 Å². The Balaban J connectivity index is 1.38. The number of nitrogens with zero attached hydrogens (tertiary/aromatic N) is 2. The van der Waals surface area contributed by atoms with Crippen LogP contribution in [-0.4, -0.2) is 51.6 Å². The number of Topliss-reactive ketones (excluding diaryl/α,β-unsaturated/α-hetero) is 1. The molecule has 7 rings (SSSR count). The molecule has 3 atom stereocenters. The molecular formula is C26H27FN4O6S2. The van der Waals surface area contributed by atoms with Gasteiger partial charge in [0, 0.05) is 24.2 Å². The molecule has 0 spiro atoms. The predicted octanol–water partition coefficient (Wildman–Crippen LogP) is 2.74. The molecular weight excluding hydrogens is 547 g/mol. The van der Waals surface area contributed by atoms with Gasteiger partial charge >= 0.3 is 0 Å². The number of hydrogen-bond acceptors (Lipinski definition) is 7. The molecule has 4 fully saturated rings. The monoisotopic (exact) mass is 574 g/mol. The first-order valence-electron chi connectivity index (χ1n) is 12.7. The van der Waals surface area contributed by atoms with Crippen molar-refractivity contribution in [3.05, 3.63) is 53.8 Å². The Hall–Kier alpha value is -3.32. The fourth-order valence-electron chi connectivity index (χ4n) is 6.70. The van der Waals surface area contributed by atoms with Crippen molar-refractivity contribution < 1.29 is 30.8 Å². The minimum atomic E-state index is -4.36. The molecule has 2 aliphatic heterocycles. The van der Waals surface area contributed by atoms with E-state index >= 15 is 0 Å². The molecule has 0 radical (unpaired) electrons. The molecule has 5 aliphatic rings. The summed E-state index contributed by atoms with van der Waals surface area (Å²) in [6.45, 7) is 0.171. The summed E-state index contributed by atoms with van der Waals surface area (Å²) in [7, 11) is -8.01. The molecule has 0 aromatic heterocycles. The fourth-order valence-corrected chi connectivity index (χ4v) is 8.43. The Morgan fingerprint density at radius 1 is 1.05 bits per heavy atom. The summed E-state index contributed by atoms with van der Waals surface area (Å²) in [6, 6.07) is 9.44. The number of ketones is 1. The van der Waals surface area contributed by atoms with Crippen LogP contribution in [0.4, 0.5) is 15.8 Å². The average molecular weight is 575 g/mol. The third-order valence-electron chi connectivity index (χ3n) is 8.26. The van der Waals surface area contributed by atoms with Gasteiger partial charge in [-0.3, -0.25) is 14.3 Å². The molecule has 2 heterocycles. The minimum Gasteiger partial charge on any atom is -0.341 e. The fraction of sp³-hybridized carbons (Fsp3) is 0.423. The van der Waals surface area contributed by atoms with Gasteiger partial charge < -0.3 is 10.2 Å². The first-order chi connectivity index (χ1) is 18.4. The molecule has 2 bridgehead atoms. The second kappa shape index (κ2) is 9.12. The number of likely N-dealkylation sites (tertiary alicyclic amines) is 1. The van der Waals surface area contributed by atoms with Crippen LogP contribution in [-0.2, 0) is 36.2 Å². The van der Waals surface area contributed by atoms with Crippen molar-refractivity contribution in [2.24, 2.45) is 28.1 Å². The number of amidine groups is 1. The van der Waals surface area contributed by atoms with Crippen molar-refractivity contribution >= 4 is 48.9 Å². The Bertz CT molecular complexity index is 1620. The van der Waals surface area contributed by atoms with E-state index in [9.17, 15) is 30.8 Å². The van der Waals surface area contributed by atoms with Crippen molar-refractivity contribution in [3.8, 4) is 0 Å². The van der Waals surface area contributed by atoms with E-state index < -0.39 is 43.6 Å². The van der Waals surface area contributed by atoms with Crippen LogP contribution in [0.1, 0.15) is 31.2 Å². The zero-order valence-electron chi connectivity index (χ0n) is 21.0. The molecule has 1 amide bonds. The van der Waals surface area contributed by atoms with Gasteiger partial charge in [-0.25, -0.2) is 12.8 Å². The predicted molar refractivity (Wildman–Crippen MR) is 141 cm³/mol. The van der Waals surface area contributed by atoms with Crippen LogP contribution in [0.25, 0.3) is 0 Å². The summed E-state index contributed by atoms with van der Waals surface area (Å²) in [5, 5.41) is 2.88. The molecule has 3 saturated carbocycles. The van der Waals surface area contributed by atoms with Crippen molar-refractivity contribution in [2.45, 2.75) is 43.2 Å². The molecule has 10 nitrogen and oxygen atoms in total. The standard InChI is InChI=1S/C26H27FN4O6S2/c1-38(34,35)29-18-10-11-19-20(12-18)39(36,37)30-25(28-19)22-24(32)21-15-4-6-16(7-5-15)23(21)31(26(22)33)13-14-2-8-17(27)9-3-14/h2-3,8-12,15-16,21-23,29H,4-7,13H2,1H3,(H,28,30)/t15?,16?,21-,22?,23+/m1/s1. The second-order valence-corrected chi connectivity index (χ2v) is 14.1. The van der Waals surface area contributed by atoms with Crippen LogP contribution < -0.4 is 10.0 Å². The number of sulfonamides is 2. The Morgan fingerprint density at radius 3 is 2.38 bits per heavy atom. The number of carbonyl (C=O) groups is 2. The summed E-state index contributed by atoms with van der Waals surface area (Å²) in [5.74, 6) is -3.11. The number of carbonyl (C=O) groups excluding carboxylic acids is 2. The average Bonchev–Trinajstić information content (AvgIpc) is 2.87. The Morgan fingerprint density at radius 2 is 1.72 bits per heavy atom. The van der Waals surface area contributed by atoms with Gasteiger partial charge in [0.15, 0.2) is 11.7 Å². The van der Waals surface area contributed by atoms with E-state index in [2.05, 4.69) is 14.4 Å². The lowest BCUT2D eigenvalue weighted by molar-refractivity contribution is -0.162. The lowest BCUT2D eigenvalue weighted by atomic mass is 9.57. The van der Waals surface area contributed by atoms with Crippen molar-refractivity contribution in [1.29, 1.82) is 0 Å². The summed E-state index contributed by atoms with van der Waals surface area (Å²) < 4.78 is 69.2. The topological polar surface area (TPSA) is 142 Å². The van der Waals surface area contributed by atoms with Gasteiger partial charge in [0.1, 0.15) is 16.5 Å². The highest BCUT2D eigenvalue weighted by Crippen LogP contribution is 2.51. The lowest BCUT2D eigenvalue weighted by Gasteiger charge is -2.55. The number of rotatable bonds is 5. The third-order valence-corrected chi connectivity index (χ3v) is 10.2. The third kappa shape index (κ3) is 4.61. The highest BCUT2D eigenvalue weighted by molar-refractivity contribution is 7.92. The maximum absolute atomic E-state index is 14.0. The van der Waals surface area contributed by atoms with Crippen molar-refractivity contribution in [1.82, 2.24) is 4.90 Å². The normalized spacial score (nSPS) is 29.2. The highest BCUT2D eigenvalue weighted by atomic mass is 32.2. The molecule has 2 aromatic carbocycles. The Kier molecular flexibility index (Phi) is 6.06.